The predicted octanol–water partition coefficient (Wildman–Crippen LogP) is 3.02. The molecular formula is C22H30N2O3. The van der Waals surface area contributed by atoms with E-state index < -0.39 is 0 Å². The Balaban J connectivity index is 1.52. The molecule has 0 bridgehead atoms. The summed E-state index contributed by atoms with van der Waals surface area (Å²) in [7, 11) is 0. The van der Waals surface area contributed by atoms with Crippen molar-refractivity contribution in [2.45, 2.75) is 58.2 Å². The monoisotopic (exact) mass is 370 g/mol. The Morgan fingerprint density at radius 1 is 0.963 bits per heavy atom. The lowest BCUT2D eigenvalue weighted by molar-refractivity contribution is -0.152. The third-order valence-corrected chi connectivity index (χ3v) is 6.28. The molecule has 2 aliphatic heterocycles. The van der Waals surface area contributed by atoms with E-state index in [9.17, 15) is 9.59 Å². The summed E-state index contributed by atoms with van der Waals surface area (Å²) < 4.78 is 5.78. The Hall–Kier alpha value is -1.88. The Morgan fingerprint density at radius 3 is 2.30 bits per heavy atom. The lowest BCUT2D eigenvalue weighted by Crippen LogP contribution is -2.53. The maximum atomic E-state index is 13.4. The van der Waals surface area contributed by atoms with Crippen molar-refractivity contribution in [3.05, 3.63) is 29.8 Å². The summed E-state index contributed by atoms with van der Waals surface area (Å²) in [5.41, 5.74) is 2.27. The average Bonchev–Trinajstić information content (AvgIpc) is 3.10. The van der Waals surface area contributed by atoms with Crippen molar-refractivity contribution in [1.29, 1.82) is 0 Å². The van der Waals surface area contributed by atoms with Gasteiger partial charge in [0.2, 0.25) is 11.8 Å². The van der Waals surface area contributed by atoms with Gasteiger partial charge in [-0.05, 0) is 44.7 Å². The summed E-state index contributed by atoms with van der Waals surface area (Å²) in [4.78, 5) is 30.6. The Morgan fingerprint density at radius 2 is 1.59 bits per heavy atom. The minimum Gasteiger partial charge on any atom is -0.372 e. The van der Waals surface area contributed by atoms with Gasteiger partial charge in [0.1, 0.15) is 0 Å². The Kier molecular flexibility index (Phi) is 5.22. The molecule has 2 fully saturated rings. The second kappa shape index (κ2) is 7.63. The first-order valence-electron chi connectivity index (χ1n) is 10.4. The number of carbonyl (C=O) groups excluding carboxylic acids is 2. The van der Waals surface area contributed by atoms with Crippen LogP contribution in [0.15, 0.2) is 24.3 Å². The number of benzene rings is 1. The summed E-state index contributed by atoms with van der Waals surface area (Å²) in [6.45, 7) is 6.03. The number of fused-ring (bicyclic) bond motifs is 1. The standard InChI is InChI=1S/C22H30N2O3/c1-15-13-23(14-16(2)27-15)21(25)18-8-4-5-9-19(18)22(26)24-12-11-17-7-3-6-10-20(17)24/h3,6-7,10,15-16,18-19H,4-5,8-9,11-14H2,1-2H3. The predicted molar refractivity (Wildman–Crippen MR) is 105 cm³/mol. The van der Waals surface area contributed by atoms with E-state index in [1.165, 1.54) is 5.56 Å². The fourth-order valence-corrected chi connectivity index (χ4v) is 5.08. The number of amides is 2. The van der Waals surface area contributed by atoms with Crippen molar-refractivity contribution in [3.8, 4) is 0 Å². The molecule has 2 amide bonds. The zero-order chi connectivity index (χ0) is 19.0. The highest BCUT2D eigenvalue weighted by molar-refractivity contribution is 5.99. The second-order valence-corrected chi connectivity index (χ2v) is 8.37. The molecule has 5 nitrogen and oxygen atoms in total. The van der Waals surface area contributed by atoms with Gasteiger partial charge in [-0.2, -0.15) is 0 Å². The highest BCUT2D eigenvalue weighted by Gasteiger charge is 2.42. The van der Waals surface area contributed by atoms with Crippen LogP contribution in [0.25, 0.3) is 0 Å². The average molecular weight is 370 g/mol. The molecule has 0 spiro atoms. The van der Waals surface area contributed by atoms with Gasteiger partial charge in [-0.15, -0.1) is 0 Å². The molecule has 3 aliphatic rings. The lowest BCUT2D eigenvalue weighted by Gasteiger charge is -2.40. The quantitative estimate of drug-likeness (QED) is 0.804. The van der Waals surface area contributed by atoms with Gasteiger partial charge >= 0.3 is 0 Å². The third-order valence-electron chi connectivity index (χ3n) is 6.28. The molecule has 4 atom stereocenters. The van der Waals surface area contributed by atoms with E-state index in [0.29, 0.717) is 13.1 Å². The van der Waals surface area contributed by atoms with Crippen LogP contribution in [0.1, 0.15) is 45.1 Å². The zero-order valence-corrected chi connectivity index (χ0v) is 16.4. The van der Waals surface area contributed by atoms with Crippen molar-refractivity contribution >= 4 is 17.5 Å². The zero-order valence-electron chi connectivity index (χ0n) is 16.4. The molecule has 1 saturated carbocycles. The summed E-state index contributed by atoms with van der Waals surface area (Å²) >= 11 is 0. The summed E-state index contributed by atoms with van der Waals surface area (Å²) in [6.07, 6.45) is 4.74. The van der Waals surface area contributed by atoms with Crippen LogP contribution < -0.4 is 4.90 Å². The van der Waals surface area contributed by atoms with Crippen molar-refractivity contribution < 1.29 is 14.3 Å². The number of hydrogen-bond acceptors (Lipinski definition) is 3. The number of para-hydroxylation sites is 1. The largest absolute Gasteiger partial charge is 0.372 e. The molecule has 0 aromatic heterocycles. The maximum Gasteiger partial charge on any atom is 0.230 e. The van der Waals surface area contributed by atoms with Crippen LogP contribution in [-0.2, 0) is 20.7 Å². The molecule has 27 heavy (non-hydrogen) atoms. The van der Waals surface area contributed by atoms with Gasteiger partial charge in [-0.25, -0.2) is 0 Å². The number of rotatable bonds is 2. The fraction of sp³-hybridized carbons (Fsp3) is 0.636. The van der Waals surface area contributed by atoms with Gasteiger partial charge in [0, 0.05) is 31.2 Å². The summed E-state index contributed by atoms with van der Waals surface area (Å²) in [5.74, 6) is -0.0720. The SMILES string of the molecule is CC1CN(C(=O)C2CCCCC2C(=O)N2CCc3ccccc32)CC(C)O1. The first-order valence-corrected chi connectivity index (χ1v) is 10.4. The van der Waals surface area contributed by atoms with E-state index in [2.05, 4.69) is 6.07 Å². The molecule has 2 heterocycles. The van der Waals surface area contributed by atoms with Gasteiger partial charge in [0.05, 0.1) is 18.1 Å². The highest BCUT2D eigenvalue weighted by Crippen LogP contribution is 2.37. The van der Waals surface area contributed by atoms with Crippen LogP contribution in [-0.4, -0.2) is 48.6 Å². The minimum absolute atomic E-state index is 0.0564. The van der Waals surface area contributed by atoms with Crippen LogP contribution in [0.5, 0.6) is 0 Å². The molecule has 1 aromatic rings. The van der Waals surface area contributed by atoms with E-state index in [0.717, 1.165) is 44.3 Å². The number of ether oxygens (including phenoxy) is 1. The molecule has 5 heteroatoms. The molecule has 1 aromatic carbocycles. The first-order chi connectivity index (χ1) is 13.0. The van der Waals surface area contributed by atoms with Crippen molar-refractivity contribution in [1.82, 2.24) is 4.90 Å². The molecule has 4 rings (SSSR count). The molecule has 0 radical (unpaired) electrons. The van der Waals surface area contributed by atoms with Crippen LogP contribution in [0.2, 0.25) is 0 Å². The van der Waals surface area contributed by atoms with Crippen LogP contribution in [0, 0.1) is 11.8 Å². The Bertz CT molecular complexity index is 709. The fourth-order valence-electron chi connectivity index (χ4n) is 5.08. The summed E-state index contributed by atoms with van der Waals surface area (Å²) in [5, 5.41) is 0. The molecule has 1 saturated heterocycles. The van der Waals surface area contributed by atoms with Crippen molar-refractivity contribution in [2.24, 2.45) is 11.8 Å². The minimum atomic E-state index is -0.189. The number of carbonyl (C=O) groups is 2. The van der Waals surface area contributed by atoms with Crippen LogP contribution >= 0.6 is 0 Å². The normalized spacial score (nSPS) is 30.9. The van der Waals surface area contributed by atoms with E-state index in [1.807, 2.05) is 41.8 Å². The smallest absolute Gasteiger partial charge is 0.230 e. The van der Waals surface area contributed by atoms with Crippen LogP contribution in [0.4, 0.5) is 5.69 Å². The molecule has 0 N–H and O–H groups in total. The number of hydrogen-bond donors (Lipinski definition) is 0. The van der Waals surface area contributed by atoms with Crippen molar-refractivity contribution in [3.63, 3.8) is 0 Å². The summed E-state index contributed by atoms with van der Waals surface area (Å²) in [6, 6.07) is 8.15. The maximum absolute atomic E-state index is 13.4. The molecule has 4 unspecified atom stereocenters. The van der Waals surface area contributed by atoms with Gasteiger partial charge in [0.15, 0.2) is 0 Å². The topological polar surface area (TPSA) is 49.9 Å². The second-order valence-electron chi connectivity index (χ2n) is 8.37. The van der Waals surface area contributed by atoms with E-state index in [1.54, 1.807) is 0 Å². The van der Waals surface area contributed by atoms with E-state index in [4.69, 9.17) is 4.74 Å². The highest BCUT2D eigenvalue weighted by atomic mass is 16.5. The van der Waals surface area contributed by atoms with Crippen LogP contribution in [0.3, 0.4) is 0 Å². The first kappa shape index (κ1) is 18.5. The van der Waals surface area contributed by atoms with Gasteiger partial charge in [0.25, 0.3) is 0 Å². The van der Waals surface area contributed by atoms with Gasteiger partial charge < -0.3 is 14.5 Å². The molecule has 1 aliphatic carbocycles. The van der Waals surface area contributed by atoms with E-state index in [-0.39, 0.29) is 35.9 Å². The third kappa shape index (κ3) is 3.62. The van der Waals surface area contributed by atoms with Crippen molar-refractivity contribution in [2.75, 3.05) is 24.5 Å². The number of morpholine rings is 1. The molecule has 146 valence electrons. The van der Waals surface area contributed by atoms with Gasteiger partial charge in [-0.1, -0.05) is 31.0 Å². The number of nitrogens with zero attached hydrogens (tertiary/aromatic N) is 2. The Labute approximate surface area is 161 Å². The number of anilines is 1. The van der Waals surface area contributed by atoms with Gasteiger partial charge in [-0.3, -0.25) is 9.59 Å². The lowest BCUT2D eigenvalue weighted by atomic mass is 9.77. The van der Waals surface area contributed by atoms with E-state index >= 15 is 0 Å². The molecular weight excluding hydrogens is 340 g/mol.